The van der Waals surface area contributed by atoms with Crippen LogP contribution in [0.25, 0.3) is 0 Å². The second kappa shape index (κ2) is 10.6. The molecule has 4 nitrogen and oxygen atoms in total. The fourth-order valence-electron chi connectivity index (χ4n) is 5.27. The van der Waals surface area contributed by atoms with Crippen molar-refractivity contribution in [2.45, 2.75) is 70.6 Å². The van der Waals surface area contributed by atoms with Gasteiger partial charge in [-0.2, -0.15) is 5.26 Å². The van der Waals surface area contributed by atoms with Crippen LogP contribution in [0, 0.1) is 18.3 Å². The molecule has 3 unspecified atom stereocenters. The molecule has 2 aromatic rings. The van der Waals surface area contributed by atoms with Gasteiger partial charge in [-0.25, -0.2) is 0 Å². The van der Waals surface area contributed by atoms with Crippen LogP contribution in [0.15, 0.2) is 42.5 Å². The van der Waals surface area contributed by atoms with E-state index in [2.05, 4.69) is 67.4 Å². The SMILES string of the molecule is Cc1ccc(C(C)N2CCC(c3ccc(C#N)cc3)CC2)cc1C(C)NCC1CCCO1. The van der Waals surface area contributed by atoms with Crippen LogP contribution in [0.1, 0.15) is 85.3 Å². The van der Waals surface area contributed by atoms with Crippen LogP contribution in [-0.4, -0.2) is 37.2 Å². The minimum Gasteiger partial charge on any atom is -0.377 e. The van der Waals surface area contributed by atoms with Crippen molar-refractivity contribution in [2.24, 2.45) is 0 Å². The molecular weight excluding hydrogens is 394 g/mol. The number of hydrogen-bond donors (Lipinski definition) is 1. The zero-order chi connectivity index (χ0) is 22.5. The summed E-state index contributed by atoms with van der Waals surface area (Å²) in [6.07, 6.45) is 5.09. The highest BCUT2D eigenvalue weighted by atomic mass is 16.5. The van der Waals surface area contributed by atoms with Gasteiger partial charge in [-0.3, -0.25) is 4.90 Å². The lowest BCUT2D eigenvalue weighted by molar-refractivity contribution is 0.108. The summed E-state index contributed by atoms with van der Waals surface area (Å²) in [6, 6.07) is 18.2. The van der Waals surface area contributed by atoms with E-state index in [1.54, 1.807) is 0 Å². The van der Waals surface area contributed by atoms with Crippen LogP contribution in [-0.2, 0) is 4.74 Å². The van der Waals surface area contributed by atoms with Gasteiger partial charge in [-0.15, -0.1) is 0 Å². The predicted molar refractivity (Wildman–Crippen MR) is 130 cm³/mol. The molecule has 2 fully saturated rings. The zero-order valence-corrected chi connectivity index (χ0v) is 19.8. The monoisotopic (exact) mass is 431 g/mol. The van der Waals surface area contributed by atoms with Crippen LogP contribution >= 0.6 is 0 Å². The second-order valence-electron chi connectivity index (χ2n) is 9.60. The number of nitriles is 1. The van der Waals surface area contributed by atoms with Gasteiger partial charge < -0.3 is 10.1 Å². The number of hydrogen-bond acceptors (Lipinski definition) is 4. The highest BCUT2D eigenvalue weighted by molar-refractivity contribution is 5.35. The fraction of sp³-hybridized carbons (Fsp3) is 0.536. The molecular formula is C28H37N3O. The maximum atomic E-state index is 9.03. The average molecular weight is 432 g/mol. The van der Waals surface area contributed by atoms with Gasteiger partial charge in [0.2, 0.25) is 0 Å². The highest BCUT2D eigenvalue weighted by Gasteiger charge is 2.25. The lowest BCUT2D eigenvalue weighted by atomic mass is 9.87. The van der Waals surface area contributed by atoms with Crippen LogP contribution in [0.3, 0.4) is 0 Å². The molecule has 170 valence electrons. The van der Waals surface area contributed by atoms with Crippen molar-refractivity contribution >= 4 is 0 Å². The first-order chi connectivity index (χ1) is 15.5. The minimum atomic E-state index is 0.327. The van der Waals surface area contributed by atoms with Crippen molar-refractivity contribution in [3.63, 3.8) is 0 Å². The van der Waals surface area contributed by atoms with Crippen molar-refractivity contribution in [2.75, 3.05) is 26.2 Å². The number of nitrogens with one attached hydrogen (secondary N) is 1. The van der Waals surface area contributed by atoms with Gasteiger partial charge >= 0.3 is 0 Å². The quantitative estimate of drug-likeness (QED) is 0.617. The van der Waals surface area contributed by atoms with Gasteiger partial charge in [0.15, 0.2) is 0 Å². The summed E-state index contributed by atoms with van der Waals surface area (Å²) in [4.78, 5) is 2.62. The molecule has 2 heterocycles. The number of rotatable bonds is 7. The molecule has 4 rings (SSSR count). The summed E-state index contributed by atoms with van der Waals surface area (Å²) in [6.45, 7) is 10.9. The molecule has 4 heteroatoms. The van der Waals surface area contributed by atoms with Gasteiger partial charge in [0.1, 0.15) is 0 Å². The molecule has 0 amide bonds. The molecule has 1 N–H and O–H groups in total. The van der Waals surface area contributed by atoms with Crippen LogP contribution in [0.5, 0.6) is 0 Å². The molecule has 0 aromatic heterocycles. The summed E-state index contributed by atoms with van der Waals surface area (Å²) in [5.74, 6) is 0.599. The Morgan fingerprint density at radius 2 is 1.84 bits per heavy atom. The Morgan fingerprint density at radius 1 is 1.09 bits per heavy atom. The standard InChI is InChI=1S/C28H37N3O/c1-20-6-9-26(17-28(20)21(2)30-19-27-5-4-16-32-27)22(3)31-14-12-25(13-15-31)24-10-7-23(18-29)8-11-24/h6-11,17,21-22,25,27,30H,4-5,12-16,19H2,1-3H3. The maximum absolute atomic E-state index is 9.03. The van der Waals surface area contributed by atoms with Crippen LogP contribution in [0.4, 0.5) is 0 Å². The molecule has 32 heavy (non-hydrogen) atoms. The highest BCUT2D eigenvalue weighted by Crippen LogP contribution is 2.33. The van der Waals surface area contributed by atoms with E-state index >= 15 is 0 Å². The van der Waals surface area contributed by atoms with Gasteiger partial charge in [0, 0.05) is 25.2 Å². The summed E-state index contributed by atoms with van der Waals surface area (Å²) >= 11 is 0. The Labute approximate surface area is 193 Å². The van der Waals surface area contributed by atoms with Crippen molar-refractivity contribution in [1.82, 2.24) is 10.2 Å². The van der Waals surface area contributed by atoms with Crippen molar-refractivity contribution in [3.05, 3.63) is 70.3 Å². The smallest absolute Gasteiger partial charge is 0.0991 e. The summed E-state index contributed by atoms with van der Waals surface area (Å²) in [7, 11) is 0. The third-order valence-electron chi connectivity index (χ3n) is 7.52. The lowest BCUT2D eigenvalue weighted by Gasteiger charge is -2.37. The number of aryl methyl sites for hydroxylation is 1. The number of piperidine rings is 1. The molecule has 0 saturated carbocycles. The largest absolute Gasteiger partial charge is 0.377 e. The Hall–Kier alpha value is -2.19. The van der Waals surface area contributed by atoms with E-state index in [0.29, 0.717) is 24.1 Å². The Bertz CT molecular complexity index is 919. The van der Waals surface area contributed by atoms with Gasteiger partial charge in [0.05, 0.1) is 17.7 Å². The first-order valence-corrected chi connectivity index (χ1v) is 12.2. The number of benzene rings is 2. The van der Waals surface area contributed by atoms with Crippen LogP contribution < -0.4 is 5.32 Å². The Kier molecular flexibility index (Phi) is 7.63. The first-order valence-electron chi connectivity index (χ1n) is 12.2. The van der Waals surface area contributed by atoms with Crippen LogP contribution in [0.2, 0.25) is 0 Å². The van der Waals surface area contributed by atoms with E-state index in [1.807, 2.05) is 12.1 Å². The molecule has 2 aliphatic heterocycles. The van der Waals surface area contributed by atoms with Gasteiger partial charge in [-0.05, 0) is 99.8 Å². The third kappa shape index (κ3) is 5.41. The van der Waals surface area contributed by atoms with E-state index in [4.69, 9.17) is 10.00 Å². The Balaban J connectivity index is 1.36. The molecule has 0 radical (unpaired) electrons. The molecule has 2 aliphatic rings. The molecule has 3 atom stereocenters. The maximum Gasteiger partial charge on any atom is 0.0991 e. The summed E-state index contributed by atoms with van der Waals surface area (Å²) in [5.41, 5.74) is 6.29. The third-order valence-corrected chi connectivity index (χ3v) is 7.52. The first kappa shape index (κ1) is 23.0. The normalized spacial score (nSPS) is 21.9. The molecule has 0 bridgehead atoms. The van der Waals surface area contributed by atoms with Crippen molar-refractivity contribution < 1.29 is 4.74 Å². The second-order valence-corrected chi connectivity index (χ2v) is 9.60. The van der Waals surface area contributed by atoms with Crippen molar-refractivity contribution in [3.8, 4) is 6.07 Å². The average Bonchev–Trinajstić information content (AvgIpc) is 3.36. The van der Waals surface area contributed by atoms with E-state index < -0.39 is 0 Å². The zero-order valence-electron chi connectivity index (χ0n) is 19.8. The van der Waals surface area contributed by atoms with E-state index in [-0.39, 0.29) is 0 Å². The van der Waals surface area contributed by atoms with Gasteiger partial charge in [-0.1, -0.05) is 30.3 Å². The number of ether oxygens (including phenoxy) is 1. The van der Waals surface area contributed by atoms with Gasteiger partial charge in [0.25, 0.3) is 0 Å². The molecule has 0 aliphatic carbocycles. The fourth-order valence-corrected chi connectivity index (χ4v) is 5.27. The van der Waals surface area contributed by atoms with Crippen molar-refractivity contribution in [1.29, 1.82) is 5.26 Å². The predicted octanol–water partition coefficient (Wildman–Crippen LogP) is 5.64. The summed E-state index contributed by atoms with van der Waals surface area (Å²) in [5, 5.41) is 12.7. The molecule has 2 saturated heterocycles. The number of likely N-dealkylation sites (tertiary alicyclic amines) is 1. The topological polar surface area (TPSA) is 48.3 Å². The van der Waals surface area contributed by atoms with E-state index in [9.17, 15) is 0 Å². The van der Waals surface area contributed by atoms with E-state index in [0.717, 1.165) is 31.8 Å². The molecule has 2 aromatic carbocycles. The number of nitrogens with zero attached hydrogens (tertiary/aromatic N) is 2. The molecule has 0 spiro atoms. The van der Waals surface area contributed by atoms with E-state index in [1.165, 1.54) is 47.9 Å². The summed E-state index contributed by atoms with van der Waals surface area (Å²) < 4.78 is 5.78. The Morgan fingerprint density at radius 3 is 2.50 bits per heavy atom. The lowest BCUT2D eigenvalue weighted by Crippen LogP contribution is -2.35. The minimum absolute atomic E-state index is 0.327.